The summed E-state index contributed by atoms with van der Waals surface area (Å²) in [7, 11) is 1.57. The summed E-state index contributed by atoms with van der Waals surface area (Å²) >= 11 is 6.45. The van der Waals surface area contributed by atoms with Gasteiger partial charge in [0.05, 0.1) is 18.1 Å². The third-order valence-corrected chi connectivity index (χ3v) is 4.29. The minimum absolute atomic E-state index is 0.0284. The predicted molar refractivity (Wildman–Crippen MR) is 76.3 cm³/mol. The molecule has 0 aromatic carbocycles. The number of ether oxygens (including phenoxy) is 1. The van der Waals surface area contributed by atoms with Crippen LogP contribution in [0.5, 0.6) is 5.75 Å². The molecule has 0 radical (unpaired) electrons. The highest BCUT2D eigenvalue weighted by molar-refractivity contribution is 7.80. The van der Waals surface area contributed by atoms with E-state index in [9.17, 15) is 4.79 Å². The molecule has 1 amide bonds. The molecule has 0 bridgehead atoms. The number of hydrogen-bond donors (Lipinski definition) is 1. The molecule has 0 spiro atoms. The summed E-state index contributed by atoms with van der Waals surface area (Å²) in [4.78, 5) is 15.3. The van der Waals surface area contributed by atoms with Crippen molar-refractivity contribution in [2.24, 2.45) is 5.73 Å². The molecule has 1 fully saturated rings. The summed E-state index contributed by atoms with van der Waals surface area (Å²) in [6, 6.07) is 1.69. The lowest BCUT2D eigenvalue weighted by atomic mass is 10.0. The first-order chi connectivity index (χ1) is 8.65. The lowest BCUT2D eigenvalue weighted by Crippen LogP contribution is -2.49. The number of thiophene rings is 1. The van der Waals surface area contributed by atoms with Crippen LogP contribution in [0.4, 0.5) is 0 Å². The van der Waals surface area contributed by atoms with E-state index in [1.54, 1.807) is 18.1 Å². The number of nitrogens with two attached hydrogens (primary N) is 1. The van der Waals surface area contributed by atoms with Gasteiger partial charge in [0.2, 0.25) is 0 Å². The summed E-state index contributed by atoms with van der Waals surface area (Å²) in [6.07, 6.45) is 2.92. The third-order valence-electron chi connectivity index (χ3n) is 3.14. The molecule has 1 aromatic heterocycles. The van der Waals surface area contributed by atoms with E-state index in [0.717, 1.165) is 19.3 Å². The normalized spacial score (nSPS) is 19.6. The zero-order valence-corrected chi connectivity index (χ0v) is 11.9. The zero-order chi connectivity index (χ0) is 13.1. The molecule has 6 heteroatoms. The van der Waals surface area contributed by atoms with Gasteiger partial charge in [-0.1, -0.05) is 12.2 Å². The molecule has 2 N–H and O–H groups in total. The van der Waals surface area contributed by atoms with Gasteiger partial charge in [-0.25, -0.2) is 0 Å². The average molecular weight is 284 g/mol. The van der Waals surface area contributed by atoms with Gasteiger partial charge in [-0.2, -0.15) is 0 Å². The van der Waals surface area contributed by atoms with Crippen LogP contribution in [0.15, 0.2) is 11.4 Å². The Hall–Kier alpha value is -1.14. The molecule has 0 aliphatic carbocycles. The first-order valence-corrected chi connectivity index (χ1v) is 7.15. The Morgan fingerprint density at radius 3 is 3.06 bits per heavy atom. The van der Waals surface area contributed by atoms with E-state index in [2.05, 4.69) is 0 Å². The summed E-state index contributed by atoms with van der Waals surface area (Å²) in [5.74, 6) is 0.594. The van der Waals surface area contributed by atoms with Crippen LogP contribution in [0.1, 0.15) is 28.9 Å². The Balaban J connectivity index is 2.23. The van der Waals surface area contributed by atoms with E-state index >= 15 is 0 Å². The summed E-state index contributed by atoms with van der Waals surface area (Å²) in [5.41, 5.74) is 5.73. The third kappa shape index (κ3) is 2.49. The van der Waals surface area contributed by atoms with E-state index in [-0.39, 0.29) is 11.9 Å². The van der Waals surface area contributed by atoms with Crippen molar-refractivity contribution in [3.63, 3.8) is 0 Å². The Bertz CT molecular complexity index is 459. The fourth-order valence-electron chi connectivity index (χ4n) is 2.22. The molecule has 1 saturated heterocycles. The first-order valence-electron chi connectivity index (χ1n) is 5.87. The number of methoxy groups -OCH3 is 1. The lowest BCUT2D eigenvalue weighted by molar-refractivity contribution is 0.0683. The number of carbonyl (C=O) groups excluding carboxylic acids is 1. The fourth-order valence-corrected chi connectivity index (χ4v) is 3.27. The van der Waals surface area contributed by atoms with Crippen LogP contribution in [0.2, 0.25) is 0 Å². The number of piperidine rings is 1. The van der Waals surface area contributed by atoms with Crippen LogP contribution in [-0.2, 0) is 0 Å². The summed E-state index contributed by atoms with van der Waals surface area (Å²) in [6.45, 7) is 0.710. The number of nitrogens with zero attached hydrogens (tertiary/aromatic N) is 1. The molecule has 98 valence electrons. The quantitative estimate of drug-likeness (QED) is 0.863. The first kappa shape index (κ1) is 13.3. The summed E-state index contributed by atoms with van der Waals surface area (Å²) < 4.78 is 5.19. The molecule has 18 heavy (non-hydrogen) atoms. The smallest absolute Gasteiger partial charge is 0.268 e. The van der Waals surface area contributed by atoms with Crippen LogP contribution in [0, 0.1) is 0 Å². The maximum absolute atomic E-state index is 12.5. The zero-order valence-electron chi connectivity index (χ0n) is 10.2. The van der Waals surface area contributed by atoms with Crippen molar-refractivity contribution in [2.75, 3.05) is 13.7 Å². The van der Waals surface area contributed by atoms with Gasteiger partial charge in [0, 0.05) is 6.54 Å². The SMILES string of the molecule is COc1ccsc1C(=O)N1CCCCC1C(N)=S. The van der Waals surface area contributed by atoms with Gasteiger partial charge >= 0.3 is 0 Å². The van der Waals surface area contributed by atoms with Crippen molar-refractivity contribution in [2.45, 2.75) is 25.3 Å². The second-order valence-electron chi connectivity index (χ2n) is 4.23. The van der Waals surface area contributed by atoms with E-state index in [1.165, 1.54) is 11.3 Å². The minimum atomic E-state index is -0.118. The Kier molecular flexibility index (Phi) is 4.19. The second-order valence-corrected chi connectivity index (χ2v) is 5.62. The fraction of sp³-hybridized carbons (Fsp3) is 0.500. The van der Waals surface area contributed by atoms with Gasteiger partial charge in [-0.05, 0) is 30.7 Å². The van der Waals surface area contributed by atoms with Crippen LogP contribution in [0.25, 0.3) is 0 Å². The van der Waals surface area contributed by atoms with Crippen molar-refractivity contribution in [1.82, 2.24) is 4.90 Å². The Morgan fingerprint density at radius 1 is 1.61 bits per heavy atom. The standard InChI is InChI=1S/C12H16N2O2S2/c1-16-9-5-7-18-10(9)12(15)14-6-3-2-4-8(14)11(13)17/h5,7-8H,2-4,6H2,1H3,(H2,13,17). The number of thiocarbonyl (C=S) groups is 1. The number of carbonyl (C=O) groups is 1. The molecule has 1 aliphatic rings. The highest BCUT2D eigenvalue weighted by Gasteiger charge is 2.31. The van der Waals surface area contributed by atoms with Crippen LogP contribution >= 0.6 is 23.6 Å². The van der Waals surface area contributed by atoms with Crippen molar-refractivity contribution in [1.29, 1.82) is 0 Å². The van der Waals surface area contributed by atoms with Gasteiger partial charge in [-0.3, -0.25) is 4.79 Å². The minimum Gasteiger partial charge on any atom is -0.495 e. The van der Waals surface area contributed by atoms with Gasteiger partial charge < -0.3 is 15.4 Å². The molecule has 1 unspecified atom stereocenters. The monoisotopic (exact) mass is 284 g/mol. The molecular formula is C12H16N2O2S2. The molecule has 1 aliphatic heterocycles. The maximum atomic E-state index is 12.5. The van der Waals surface area contributed by atoms with Crippen LogP contribution in [0.3, 0.4) is 0 Å². The van der Waals surface area contributed by atoms with E-state index in [1.807, 2.05) is 5.38 Å². The van der Waals surface area contributed by atoms with Gasteiger partial charge in [0.25, 0.3) is 5.91 Å². The van der Waals surface area contributed by atoms with Gasteiger partial charge in [0.15, 0.2) is 0 Å². The van der Waals surface area contributed by atoms with Crippen molar-refractivity contribution in [3.05, 3.63) is 16.3 Å². The molecule has 2 rings (SSSR count). The van der Waals surface area contributed by atoms with Crippen molar-refractivity contribution >= 4 is 34.5 Å². The number of amides is 1. The molecular weight excluding hydrogens is 268 g/mol. The largest absolute Gasteiger partial charge is 0.495 e. The van der Waals surface area contributed by atoms with E-state index in [4.69, 9.17) is 22.7 Å². The molecule has 2 heterocycles. The Labute approximate surface area is 116 Å². The maximum Gasteiger partial charge on any atom is 0.268 e. The second kappa shape index (κ2) is 5.67. The molecule has 0 saturated carbocycles. The molecule has 4 nitrogen and oxygen atoms in total. The highest BCUT2D eigenvalue weighted by Crippen LogP contribution is 2.28. The van der Waals surface area contributed by atoms with Crippen molar-refractivity contribution in [3.8, 4) is 5.75 Å². The average Bonchev–Trinajstić information content (AvgIpc) is 2.86. The van der Waals surface area contributed by atoms with Crippen LogP contribution < -0.4 is 10.5 Å². The van der Waals surface area contributed by atoms with E-state index in [0.29, 0.717) is 22.2 Å². The molecule has 1 atom stereocenters. The van der Waals surface area contributed by atoms with Crippen LogP contribution in [-0.4, -0.2) is 35.5 Å². The number of hydrogen-bond acceptors (Lipinski definition) is 4. The van der Waals surface area contributed by atoms with Gasteiger partial charge in [0.1, 0.15) is 10.6 Å². The van der Waals surface area contributed by atoms with Gasteiger partial charge in [-0.15, -0.1) is 11.3 Å². The lowest BCUT2D eigenvalue weighted by Gasteiger charge is -2.34. The van der Waals surface area contributed by atoms with E-state index < -0.39 is 0 Å². The van der Waals surface area contributed by atoms with Crippen molar-refractivity contribution < 1.29 is 9.53 Å². The summed E-state index contributed by atoms with van der Waals surface area (Å²) in [5, 5.41) is 1.85. The highest BCUT2D eigenvalue weighted by atomic mass is 32.1. The predicted octanol–water partition coefficient (Wildman–Crippen LogP) is 2.04. The number of rotatable bonds is 3. The number of likely N-dealkylation sites (tertiary alicyclic amines) is 1. The Morgan fingerprint density at radius 2 is 2.39 bits per heavy atom. The topological polar surface area (TPSA) is 55.6 Å². The molecule has 1 aromatic rings.